The van der Waals surface area contributed by atoms with Crippen LogP contribution in [0.4, 0.5) is 0 Å². The molecule has 6 aromatic rings. The minimum absolute atomic E-state index is 0.0266. The molecule has 1 heteroatoms. The molecule has 0 spiro atoms. The van der Waals surface area contributed by atoms with Gasteiger partial charge in [0.2, 0.25) is 0 Å². The van der Waals surface area contributed by atoms with Crippen molar-refractivity contribution in [2.75, 3.05) is 0 Å². The van der Waals surface area contributed by atoms with E-state index in [1.807, 2.05) is 0 Å². The van der Waals surface area contributed by atoms with Gasteiger partial charge in [-0.3, -0.25) is 0 Å². The van der Waals surface area contributed by atoms with Gasteiger partial charge in [0.25, 0.3) is 0 Å². The standard InChI is InChI=1S/2C24H23.Fe/c2*1-16-8-5-6-10-20(16)22-11-7-9-17-14-18-15-19(24(2,3)4)12-13-21(18)23(17)22;/h2*5-13H,14H2,1-4H3;. The van der Waals surface area contributed by atoms with Gasteiger partial charge in [0.15, 0.2) is 0 Å². The van der Waals surface area contributed by atoms with E-state index in [2.05, 4.69) is 165 Å². The Hall–Kier alpha value is -4.16. The maximum atomic E-state index is 2.46. The zero-order valence-corrected chi connectivity index (χ0v) is 31.3. The normalized spacial score (nSPS) is 13.3. The summed E-state index contributed by atoms with van der Waals surface area (Å²) in [7, 11) is 0. The quantitative estimate of drug-likeness (QED) is 0.163. The average Bonchev–Trinajstić information content (AvgIpc) is 3.64. The van der Waals surface area contributed by atoms with Crippen LogP contribution >= 0.6 is 0 Å². The summed E-state index contributed by atoms with van der Waals surface area (Å²) >= 11 is 0.951. The second-order valence-corrected chi connectivity index (χ2v) is 17.5. The van der Waals surface area contributed by atoms with Crippen LogP contribution in [0.2, 0.25) is 0 Å². The minimum atomic E-state index is 0.0266. The molecule has 8 rings (SSSR count). The second-order valence-electron chi connectivity index (χ2n) is 16.1. The number of aryl methyl sites for hydroxylation is 2. The molecule has 0 aromatic heterocycles. The third kappa shape index (κ3) is 5.34. The van der Waals surface area contributed by atoms with Gasteiger partial charge in [-0.05, 0) is 0 Å². The van der Waals surface area contributed by atoms with E-state index in [0.29, 0.717) is 0 Å². The van der Waals surface area contributed by atoms with Crippen LogP contribution in [0.3, 0.4) is 0 Å². The van der Waals surface area contributed by atoms with Crippen molar-refractivity contribution in [2.45, 2.75) is 79.1 Å². The van der Waals surface area contributed by atoms with Crippen LogP contribution in [0, 0.1) is 13.8 Å². The molecule has 246 valence electrons. The van der Waals surface area contributed by atoms with E-state index in [4.69, 9.17) is 0 Å². The van der Waals surface area contributed by atoms with Crippen molar-refractivity contribution in [1.82, 2.24) is 0 Å². The van der Waals surface area contributed by atoms with Crippen molar-refractivity contribution in [3.63, 3.8) is 0 Å². The Bertz CT molecular complexity index is 2120. The first-order valence-electron chi connectivity index (χ1n) is 17.7. The van der Waals surface area contributed by atoms with Gasteiger partial charge in [-0.2, -0.15) is 0 Å². The first-order valence-corrected chi connectivity index (χ1v) is 18.8. The average molecular weight is 679 g/mol. The molecule has 0 amide bonds. The first-order chi connectivity index (χ1) is 23.4. The SMILES string of the molecule is Cc1ccccc1-c1cccc2c1-c1ccc(C(C)(C)C)[c]([Fe][c]3c(C(C)(C)C)ccc4c3Cc3cccc(-c5ccccc5C)c3-4)c1C2. The molecular weight excluding hydrogens is 632 g/mol. The molecule has 0 heterocycles. The van der Waals surface area contributed by atoms with Crippen LogP contribution in [0.1, 0.15) is 86.1 Å². The summed E-state index contributed by atoms with van der Waals surface area (Å²) in [5.41, 5.74) is 22.7. The summed E-state index contributed by atoms with van der Waals surface area (Å²) in [5.74, 6) is 0. The van der Waals surface area contributed by atoms with Crippen LogP contribution in [-0.2, 0) is 38.6 Å². The number of fused-ring (bicyclic) bond motifs is 6. The number of rotatable bonds is 4. The van der Waals surface area contributed by atoms with E-state index in [-0.39, 0.29) is 10.8 Å². The number of hydrogen-bond acceptors (Lipinski definition) is 0. The first kappa shape index (κ1) is 32.1. The summed E-state index contributed by atoms with van der Waals surface area (Å²) in [6, 6.07) is 41.4. The van der Waals surface area contributed by atoms with E-state index in [1.165, 1.54) is 97.9 Å². The van der Waals surface area contributed by atoms with Gasteiger partial charge >= 0.3 is 301 Å². The number of benzene rings is 6. The van der Waals surface area contributed by atoms with Gasteiger partial charge in [0.05, 0.1) is 0 Å². The van der Waals surface area contributed by atoms with Crippen molar-refractivity contribution in [1.29, 1.82) is 0 Å². The molecule has 2 aliphatic carbocycles. The summed E-state index contributed by atoms with van der Waals surface area (Å²) in [6.07, 6.45) is 1.97. The van der Waals surface area contributed by atoms with Gasteiger partial charge in [-0.15, -0.1) is 0 Å². The van der Waals surface area contributed by atoms with Crippen LogP contribution in [0.5, 0.6) is 0 Å². The summed E-state index contributed by atoms with van der Waals surface area (Å²) in [5, 5.41) is 0. The predicted molar refractivity (Wildman–Crippen MR) is 206 cm³/mol. The molecule has 0 unspecified atom stereocenters. The molecule has 49 heavy (non-hydrogen) atoms. The fourth-order valence-electron chi connectivity index (χ4n) is 8.18. The number of hydrogen-bond donors (Lipinski definition) is 0. The summed E-state index contributed by atoms with van der Waals surface area (Å²) < 4.78 is 3.07. The Morgan fingerprint density at radius 3 is 1.18 bits per heavy atom. The van der Waals surface area contributed by atoms with E-state index < -0.39 is 0 Å². The zero-order chi connectivity index (χ0) is 34.2. The Morgan fingerprint density at radius 1 is 0.408 bits per heavy atom. The monoisotopic (exact) mass is 678 g/mol. The molecule has 0 aliphatic heterocycles. The molecule has 0 atom stereocenters. The Kier molecular flexibility index (Phi) is 7.67. The van der Waals surface area contributed by atoms with E-state index in [1.54, 1.807) is 0 Å². The van der Waals surface area contributed by atoms with Gasteiger partial charge in [0, 0.05) is 0 Å². The molecule has 0 fully saturated rings. The second kappa shape index (κ2) is 11.7. The molecule has 0 bridgehead atoms. The summed E-state index contributed by atoms with van der Waals surface area (Å²) in [4.78, 5) is 0. The fourth-order valence-corrected chi connectivity index (χ4v) is 10.6. The molecular formula is C48H46Fe. The molecule has 0 radical (unpaired) electrons. The van der Waals surface area contributed by atoms with Crippen molar-refractivity contribution in [3.8, 4) is 44.5 Å². The third-order valence-corrected chi connectivity index (χ3v) is 12.5. The summed E-state index contributed by atoms with van der Waals surface area (Å²) in [6.45, 7) is 18.8. The van der Waals surface area contributed by atoms with E-state index in [9.17, 15) is 0 Å². The maximum absolute atomic E-state index is 2.46. The van der Waals surface area contributed by atoms with Crippen LogP contribution in [0.25, 0.3) is 44.5 Å². The Labute approximate surface area is 299 Å². The van der Waals surface area contributed by atoms with Crippen LogP contribution < -0.4 is 8.92 Å². The molecule has 0 nitrogen and oxygen atoms in total. The van der Waals surface area contributed by atoms with Gasteiger partial charge in [-0.1, -0.05) is 0 Å². The van der Waals surface area contributed by atoms with Gasteiger partial charge < -0.3 is 0 Å². The Morgan fingerprint density at radius 2 is 0.796 bits per heavy atom. The van der Waals surface area contributed by atoms with Gasteiger partial charge in [0.1, 0.15) is 0 Å². The van der Waals surface area contributed by atoms with Crippen molar-refractivity contribution < 1.29 is 15.0 Å². The molecule has 0 saturated carbocycles. The molecule has 6 aromatic carbocycles. The third-order valence-electron chi connectivity index (χ3n) is 10.7. The Balaban J connectivity index is 1.35. The van der Waals surface area contributed by atoms with Crippen molar-refractivity contribution >= 4 is 8.92 Å². The van der Waals surface area contributed by atoms with Crippen LogP contribution in [-0.4, -0.2) is 0 Å². The topological polar surface area (TPSA) is 0 Å². The predicted octanol–water partition coefficient (Wildman–Crippen LogP) is 11.4. The molecule has 0 saturated heterocycles. The fraction of sp³-hybridized carbons (Fsp3) is 0.250. The van der Waals surface area contributed by atoms with Crippen molar-refractivity contribution in [2.24, 2.45) is 0 Å². The van der Waals surface area contributed by atoms with E-state index >= 15 is 0 Å². The zero-order valence-electron chi connectivity index (χ0n) is 30.2. The van der Waals surface area contributed by atoms with Gasteiger partial charge in [-0.25, -0.2) is 0 Å². The molecule has 0 N–H and O–H groups in total. The van der Waals surface area contributed by atoms with Crippen molar-refractivity contribution in [3.05, 3.63) is 154 Å². The van der Waals surface area contributed by atoms with E-state index in [0.717, 1.165) is 27.8 Å². The molecule has 2 aliphatic rings. The van der Waals surface area contributed by atoms with Crippen LogP contribution in [0.15, 0.2) is 109 Å².